The van der Waals surface area contributed by atoms with Crippen molar-refractivity contribution in [1.82, 2.24) is 5.32 Å². The van der Waals surface area contributed by atoms with E-state index in [0.717, 1.165) is 4.88 Å². The minimum atomic E-state index is -0.358. The number of hydrogen-bond donors (Lipinski definition) is 1. The Morgan fingerprint density at radius 1 is 1.29 bits per heavy atom. The lowest BCUT2D eigenvalue weighted by molar-refractivity contribution is 0.351. The van der Waals surface area contributed by atoms with E-state index in [9.17, 15) is 4.39 Å². The van der Waals surface area contributed by atoms with E-state index in [1.54, 1.807) is 6.07 Å². The summed E-state index contributed by atoms with van der Waals surface area (Å²) in [7, 11) is 3.01. The Hall–Kier alpha value is -1.30. The van der Waals surface area contributed by atoms with Crippen LogP contribution >= 0.6 is 22.9 Å². The van der Waals surface area contributed by atoms with Crippen LogP contribution in [0, 0.1) is 5.82 Å². The number of halogens is 2. The molecule has 0 aliphatic rings. The third-order valence-corrected chi connectivity index (χ3v) is 4.55. The van der Waals surface area contributed by atoms with E-state index in [0.29, 0.717) is 28.6 Å². The van der Waals surface area contributed by atoms with Crippen LogP contribution in [0.4, 0.5) is 4.39 Å². The number of methoxy groups -OCH3 is 2. The van der Waals surface area contributed by atoms with E-state index in [1.807, 2.05) is 18.4 Å². The van der Waals surface area contributed by atoms with Crippen LogP contribution in [0.3, 0.4) is 0 Å². The van der Waals surface area contributed by atoms with Crippen molar-refractivity contribution in [3.8, 4) is 11.5 Å². The van der Waals surface area contributed by atoms with Gasteiger partial charge in [-0.25, -0.2) is 4.39 Å². The molecule has 1 unspecified atom stereocenters. The van der Waals surface area contributed by atoms with E-state index in [-0.39, 0.29) is 11.9 Å². The zero-order valence-electron chi connectivity index (χ0n) is 12.1. The molecule has 2 aromatic rings. The van der Waals surface area contributed by atoms with Gasteiger partial charge in [-0.2, -0.15) is 0 Å². The maximum absolute atomic E-state index is 14.4. The van der Waals surface area contributed by atoms with Gasteiger partial charge in [-0.15, -0.1) is 11.3 Å². The summed E-state index contributed by atoms with van der Waals surface area (Å²) >= 11 is 7.69. The molecule has 0 saturated heterocycles. The van der Waals surface area contributed by atoms with E-state index in [1.165, 1.54) is 31.6 Å². The average molecular weight is 330 g/mol. The Morgan fingerprint density at radius 2 is 1.95 bits per heavy atom. The molecule has 2 rings (SSSR count). The SMILES string of the molecule is CCNC(c1cc(OC)c(OC)cc1F)c1sccc1Cl. The first-order valence-corrected chi connectivity index (χ1v) is 7.75. The summed E-state index contributed by atoms with van der Waals surface area (Å²) in [5.74, 6) is 0.499. The number of hydrogen-bond acceptors (Lipinski definition) is 4. The summed E-state index contributed by atoms with van der Waals surface area (Å²) in [4.78, 5) is 0.879. The number of nitrogens with one attached hydrogen (secondary N) is 1. The normalized spacial score (nSPS) is 12.2. The van der Waals surface area contributed by atoms with E-state index in [2.05, 4.69) is 5.32 Å². The topological polar surface area (TPSA) is 30.5 Å². The first-order chi connectivity index (χ1) is 10.1. The molecule has 1 aromatic heterocycles. The van der Waals surface area contributed by atoms with Crippen LogP contribution in [0.1, 0.15) is 23.4 Å². The quantitative estimate of drug-likeness (QED) is 0.859. The molecule has 1 N–H and O–H groups in total. The standard InChI is InChI=1S/C15H17ClFNO2S/c1-4-18-14(15-10(16)5-6-21-15)9-7-12(19-2)13(20-3)8-11(9)17/h5-8,14,18H,4H2,1-3H3. The van der Waals surface area contributed by atoms with Crippen molar-refractivity contribution >= 4 is 22.9 Å². The van der Waals surface area contributed by atoms with Gasteiger partial charge in [0.15, 0.2) is 11.5 Å². The highest BCUT2D eigenvalue weighted by molar-refractivity contribution is 7.10. The molecule has 0 aliphatic carbocycles. The monoisotopic (exact) mass is 329 g/mol. The molecular formula is C15H17ClFNO2S. The number of thiophene rings is 1. The van der Waals surface area contributed by atoms with Crippen LogP contribution in [-0.2, 0) is 0 Å². The number of ether oxygens (including phenoxy) is 2. The average Bonchev–Trinajstić information content (AvgIpc) is 2.90. The number of rotatable bonds is 6. The summed E-state index contributed by atoms with van der Waals surface area (Å²) < 4.78 is 24.8. The second kappa shape index (κ2) is 7.11. The predicted octanol–water partition coefficient (Wildman–Crippen LogP) is 4.26. The van der Waals surface area contributed by atoms with Crippen LogP contribution in [0.25, 0.3) is 0 Å². The first-order valence-electron chi connectivity index (χ1n) is 6.50. The Balaban J connectivity index is 2.53. The summed E-state index contributed by atoms with van der Waals surface area (Å²) in [5.41, 5.74) is 0.485. The zero-order valence-corrected chi connectivity index (χ0v) is 13.6. The summed E-state index contributed by atoms with van der Waals surface area (Å²) in [6, 6.07) is 4.48. The lowest BCUT2D eigenvalue weighted by Gasteiger charge is -2.20. The van der Waals surface area contributed by atoms with Crippen LogP contribution in [0.15, 0.2) is 23.6 Å². The zero-order chi connectivity index (χ0) is 15.4. The van der Waals surface area contributed by atoms with Gasteiger partial charge in [0.25, 0.3) is 0 Å². The molecule has 0 amide bonds. The molecule has 0 aliphatic heterocycles. The minimum absolute atomic E-state index is 0.317. The fourth-order valence-corrected chi connectivity index (χ4v) is 3.41. The summed E-state index contributed by atoms with van der Waals surface area (Å²) in [6.07, 6.45) is 0. The summed E-state index contributed by atoms with van der Waals surface area (Å²) in [5, 5.41) is 5.78. The molecule has 1 aromatic carbocycles. The van der Waals surface area contributed by atoms with Crippen molar-refractivity contribution < 1.29 is 13.9 Å². The van der Waals surface area contributed by atoms with Crippen LogP contribution in [0.5, 0.6) is 11.5 Å². The van der Waals surface area contributed by atoms with Crippen molar-refractivity contribution in [2.24, 2.45) is 0 Å². The molecule has 0 radical (unpaired) electrons. The van der Waals surface area contributed by atoms with E-state index >= 15 is 0 Å². The maximum Gasteiger partial charge on any atom is 0.163 e. The molecule has 0 saturated carbocycles. The van der Waals surface area contributed by atoms with Gasteiger partial charge >= 0.3 is 0 Å². The Kier molecular flexibility index (Phi) is 5.45. The Morgan fingerprint density at radius 3 is 2.48 bits per heavy atom. The van der Waals surface area contributed by atoms with Gasteiger partial charge in [-0.1, -0.05) is 18.5 Å². The van der Waals surface area contributed by atoms with Crippen molar-refractivity contribution in [1.29, 1.82) is 0 Å². The van der Waals surface area contributed by atoms with Gasteiger partial charge in [-0.05, 0) is 24.1 Å². The van der Waals surface area contributed by atoms with Gasteiger partial charge < -0.3 is 14.8 Å². The van der Waals surface area contributed by atoms with Crippen molar-refractivity contribution in [3.05, 3.63) is 44.9 Å². The third kappa shape index (κ3) is 3.31. The molecule has 1 heterocycles. The van der Waals surface area contributed by atoms with Gasteiger partial charge in [0, 0.05) is 16.5 Å². The predicted molar refractivity (Wildman–Crippen MR) is 84.4 cm³/mol. The summed E-state index contributed by atoms with van der Waals surface area (Å²) in [6.45, 7) is 2.65. The van der Waals surface area contributed by atoms with Crippen molar-refractivity contribution in [2.75, 3.05) is 20.8 Å². The maximum atomic E-state index is 14.4. The van der Waals surface area contributed by atoms with Crippen LogP contribution in [0.2, 0.25) is 5.02 Å². The minimum Gasteiger partial charge on any atom is -0.493 e. The molecule has 21 heavy (non-hydrogen) atoms. The van der Waals surface area contributed by atoms with Gasteiger partial charge in [0.1, 0.15) is 5.82 Å². The molecule has 114 valence electrons. The van der Waals surface area contributed by atoms with Gasteiger partial charge in [0.2, 0.25) is 0 Å². The van der Waals surface area contributed by atoms with Crippen molar-refractivity contribution in [2.45, 2.75) is 13.0 Å². The van der Waals surface area contributed by atoms with Crippen LogP contribution < -0.4 is 14.8 Å². The molecule has 1 atom stereocenters. The lowest BCUT2D eigenvalue weighted by atomic mass is 10.0. The lowest BCUT2D eigenvalue weighted by Crippen LogP contribution is -2.22. The fourth-order valence-electron chi connectivity index (χ4n) is 2.15. The van der Waals surface area contributed by atoms with Crippen molar-refractivity contribution in [3.63, 3.8) is 0 Å². The fraction of sp³-hybridized carbons (Fsp3) is 0.333. The molecule has 6 heteroatoms. The highest BCUT2D eigenvalue weighted by Gasteiger charge is 2.23. The highest BCUT2D eigenvalue weighted by Crippen LogP contribution is 2.38. The highest BCUT2D eigenvalue weighted by atomic mass is 35.5. The van der Waals surface area contributed by atoms with E-state index in [4.69, 9.17) is 21.1 Å². The van der Waals surface area contributed by atoms with Gasteiger partial charge in [-0.3, -0.25) is 0 Å². The molecule has 0 fully saturated rings. The Bertz CT molecular complexity index is 618. The first kappa shape index (κ1) is 16.1. The molecular weight excluding hydrogens is 313 g/mol. The number of benzene rings is 1. The largest absolute Gasteiger partial charge is 0.493 e. The molecule has 0 bridgehead atoms. The molecule has 0 spiro atoms. The Labute approximate surface area is 132 Å². The van der Waals surface area contributed by atoms with Gasteiger partial charge in [0.05, 0.1) is 25.3 Å². The third-order valence-electron chi connectivity index (χ3n) is 3.13. The van der Waals surface area contributed by atoms with E-state index < -0.39 is 0 Å². The molecule has 3 nitrogen and oxygen atoms in total. The van der Waals surface area contributed by atoms with Crippen LogP contribution in [-0.4, -0.2) is 20.8 Å². The smallest absolute Gasteiger partial charge is 0.163 e. The second-order valence-corrected chi connectivity index (χ2v) is 5.71. The second-order valence-electron chi connectivity index (χ2n) is 4.35.